The number of Topliss-reactive ketones (excluding diaryl/α,β-unsaturated/α-hetero) is 1. The average Bonchev–Trinajstić information content (AvgIpc) is 2.59. The van der Waals surface area contributed by atoms with Crippen molar-refractivity contribution in [1.82, 2.24) is 4.98 Å². The fraction of sp³-hybridized carbons (Fsp3) is 0.333. The highest BCUT2D eigenvalue weighted by Crippen LogP contribution is 2.37. The SMILES string of the molecule is O=C(CCc1ccc(F)c(F)c1F)[C@H]1CC[C@H](O)c2ncccc21. The Labute approximate surface area is 137 Å². The van der Waals surface area contributed by atoms with Crippen molar-refractivity contribution in [3.63, 3.8) is 0 Å². The molecule has 1 aliphatic carbocycles. The van der Waals surface area contributed by atoms with Crippen molar-refractivity contribution >= 4 is 5.78 Å². The molecule has 0 fully saturated rings. The largest absolute Gasteiger partial charge is 0.387 e. The summed E-state index contributed by atoms with van der Waals surface area (Å²) in [7, 11) is 0. The number of ketones is 1. The Balaban J connectivity index is 1.75. The minimum atomic E-state index is -1.52. The van der Waals surface area contributed by atoms with Gasteiger partial charge in [-0.15, -0.1) is 0 Å². The molecule has 0 aliphatic heterocycles. The molecule has 0 saturated carbocycles. The molecule has 0 amide bonds. The summed E-state index contributed by atoms with van der Waals surface area (Å²) >= 11 is 0. The van der Waals surface area contributed by atoms with Gasteiger partial charge >= 0.3 is 0 Å². The van der Waals surface area contributed by atoms with Crippen LogP contribution in [0.2, 0.25) is 0 Å². The van der Waals surface area contributed by atoms with Gasteiger partial charge in [-0.2, -0.15) is 0 Å². The highest BCUT2D eigenvalue weighted by molar-refractivity contribution is 5.86. The van der Waals surface area contributed by atoms with E-state index in [4.69, 9.17) is 0 Å². The van der Waals surface area contributed by atoms with Crippen LogP contribution >= 0.6 is 0 Å². The topological polar surface area (TPSA) is 50.2 Å². The fourth-order valence-electron chi connectivity index (χ4n) is 3.15. The van der Waals surface area contributed by atoms with Gasteiger partial charge in [0.2, 0.25) is 0 Å². The second kappa shape index (κ2) is 6.73. The molecule has 1 aromatic carbocycles. The summed E-state index contributed by atoms with van der Waals surface area (Å²) in [5.41, 5.74) is 1.16. The number of aliphatic hydroxyl groups excluding tert-OH is 1. The number of hydrogen-bond donors (Lipinski definition) is 1. The van der Waals surface area contributed by atoms with Gasteiger partial charge in [0.05, 0.1) is 11.8 Å². The van der Waals surface area contributed by atoms with E-state index in [1.54, 1.807) is 18.3 Å². The third-order valence-corrected chi connectivity index (χ3v) is 4.44. The third kappa shape index (κ3) is 3.06. The Morgan fingerprint density at radius 3 is 2.75 bits per heavy atom. The zero-order chi connectivity index (χ0) is 17.3. The van der Waals surface area contributed by atoms with Gasteiger partial charge in [-0.05, 0) is 42.5 Å². The van der Waals surface area contributed by atoms with E-state index in [0.717, 1.165) is 12.1 Å². The molecule has 1 aromatic heterocycles. The van der Waals surface area contributed by atoms with Crippen molar-refractivity contribution < 1.29 is 23.1 Å². The molecule has 3 nitrogen and oxygen atoms in total. The number of benzene rings is 1. The third-order valence-electron chi connectivity index (χ3n) is 4.44. The van der Waals surface area contributed by atoms with E-state index in [1.807, 2.05) is 0 Å². The van der Waals surface area contributed by atoms with E-state index in [2.05, 4.69) is 4.98 Å². The molecular weight excluding hydrogens is 319 g/mol. The molecule has 0 radical (unpaired) electrons. The minimum Gasteiger partial charge on any atom is -0.387 e. The fourth-order valence-corrected chi connectivity index (χ4v) is 3.15. The first-order valence-corrected chi connectivity index (χ1v) is 7.77. The highest BCUT2D eigenvalue weighted by Gasteiger charge is 2.31. The molecular formula is C18H16F3NO2. The Morgan fingerprint density at radius 2 is 1.96 bits per heavy atom. The van der Waals surface area contributed by atoms with E-state index in [9.17, 15) is 23.1 Å². The Bertz CT molecular complexity index is 779. The lowest BCUT2D eigenvalue weighted by Gasteiger charge is -2.27. The smallest absolute Gasteiger partial charge is 0.194 e. The van der Waals surface area contributed by atoms with E-state index in [0.29, 0.717) is 24.1 Å². The number of fused-ring (bicyclic) bond motifs is 1. The van der Waals surface area contributed by atoms with Crippen LogP contribution in [0.4, 0.5) is 13.2 Å². The Hall–Kier alpha value is -2.21. The lowest BCUT2D eigenvalue weighted by molar-refractivity contribution is -0.121. The molecule has 0 bridgehead atoms. The van der Waals surface area contributed by atoms with Crippen molar-refractivity contribution in [2.45, 2.75) is 37.7 Å². The summed E-state index contributed by atoms with van der Waals surface area (Å²) < 4.78 is 39.9. The molecule has 1 heterocycles. The summed E-state index contributed by atoms with van der Waals surface area (Å²) in [6, 6.07) is 5.47. The molecule has 126 valence electrons. The Kier molecular flexibility index (Phi) is 4.66. The highest BCUT2D eigenvalue weighted by atomic mass is 19.2. The maximum Gasteiger partial charge on any atom is 0.194 e. The molecule has 0 unspecified atom stereocenters. The molecule has 0 saturated heterocycles. The van der Waals surface area contributed by atoms with Gasteiger partial charge in [-0.3, -0.25) is 9.78 Å². The van der Waals surface area contributed by atoms with Crippen molar-refractivity contribution in [1.29, 1.82) is 0 Å². The van der Waals surface area contributed by atoms with Gasteiger partial charge in [0.15, 0.2) is 17.5 Å². The molecule has 0 spiro atoms. The van der Waals surface area contributed by atoms with Crippen LogP contribution < -0.4 is 0 Å². The second-order valence-electron chi connectivity index (χ2n) is 5.92. The van der Waals surface area contributed by atoms with E-state index in [-0.39, 0.29) is 24.2 Å². The molecule has 2 atom stereocenters. The molecule has 1 N–H and O–H groups in total. The number of rotatable bonds is 4. The van der Waals surface area contributed by atoms with Gasteiger partial charge in [0.25, 0.3) is 0 Å². The predicted octanol–water partition coefficient (Wildman–Crippen LogP) is 3.61. The van der Waals surface area contributed by atoms with Crippen LogP contribution in [0, 0.1) is 17.5 Å². The lowest BCUT2D eigenvalue weighted by Crippen LogP contribution is -2.22. The maximum absolute atomic E-state index is 13.7. The number of aliphatic hydroxyl groups is 1. The monoisotopic (exact) mass is 335 g/mol. The minimum absolute atomic E-state index is 0.00346. The summed E-state index contributed by atoms with van der Waals surface area (Å²) in [5, 5.41) is 9.96. The number of nitrogens with zero attached hydrogens (tertiary/aromatic N) is 1. The van der Waals surface area contributed by atoms with Crippen LogP contribution in [0.3, 0.4) is 0 Å². The van der Waals surface area contributed by atoms with Crippen LogP contribution in [0.1, 0.15) is 48.1 Å². The molecule has 3 rings (SSSR count). The van der Waals surface area contributed by atoms with Gasteiger partial charge in [-0.25, -0.2) is 13.2 Å². The second-order valence-corrected chi connectivity index (χ2v) is 5.92. The first-order valence-electron chi connectivity index (χ1n) is 7.77. The summed E-state index contributed by atoms with van der Waals surface area (Å²) in [5.74, 6) is -4.55. The van der Waals surface area contributed by atoms with Gasteiger partial charge in [0, 0.05) is 18.5 Å². The van der Waals surface area contributed by atoms with Gasteiger partial charge in [0.1, 0.15) is 5.78 Å². The van der Waals surface area contributed by atoms with Gasteiger partial charge in [-0.1, -0.05) is 12.1 Å². The summed E-state index contributed by atoms with van der Waals surface area (Å²) in [4.78, 5) is 16.6. The number of carbonyl (C=O) groups is 1. The van der Waals surface area contributed by atoms with Crippen LogP contribution in [0.25, 0.3) is 0 Å². The average molecular weight is 335 g/mol. The molecule has 6 heteroatoms. The summed E-state index contributed by atoms with van der Waals surface area (Å²) in [6.07, 6.45) is 1.80. The maximum atomic E-state index is 13.7. The first-order chi connectivity index (χ1) is 11.5. The number of pyridine rings is 1. The van der Waals surface area contributed by atoms with Crippen LogP contribution in [-0.4, -0.2) is 15.9 Å². The van der Waals surface area contributed by atoms with Crippen LogP contribution in [-0.2, 0) is 11.2 Å². The van der Waals surface area contributed by atoms with Crippen LogP contribution in [0.5, 0.6) is 0 Å². The Morgan fingerprint density at radius 1 is 1.17 bits per heavy atom. The van der Waals surface area contributed by atoms with Crippen molar-refractivity contribution in [2.24, 2.45) is 0 Å². The quantitative estimate of drug-likeness (QED) is 0.869. The predicted molar refractivity (Wildman–Crippen MR) is 80.8 cm³/mol. The van der Waals surface area contributed by atoms with Crippen molar-refractivity contribution in [3.8, 4) is 0 Å². The number of carbonyl (C=O) groups excluding carboxylic acids is 1. The lowest BCUT2D eigenvalue weighted by atomic mass is 9.80. The number of hydrogen-bond acceptors (Lipinski definition) is 3. The first kappa shape index (κ1) is 16.6. The number of halogens is 3. The van der Waals surface area contributed by atoms with E-state index in [1.165, 1.54) is 0 Å². The zero-order valence-electron chi connectivity index (χ0n) is 12.8. The van der Waals surface area contributed by atoms with E-state index >= 15 is 0 Å². The molecule has 2 aromatic rings. The standard InChI is InChI=1S/C18H16F3NO2/c19-13-6-3-10(16(20)17(13)21)4-7-14(23)11-5-8-15(24)18-12(11)2-1-9-22-18/h1-3,6,9,11,15,24H,4-5,7-8H2/t11-,15-/m0/s1. The van der Waals surface area contributed by atoms with Crippen molar-refractivity contribution in [2.75, 3.05) is 0 Å². The zero-order valence-corrected chi connectivity index (χ0v) is 12.8. The number of aryl methyl sites for hydroxylation is 1. The van der Waals surface area contributed by atoms with Crippen molar-refractivity contribution in [3.05, 3.63) is 64.7 Å². The van der Waals surface area contributed by atoms with E-state index < -0.39 is 29.5 Å². The summed E-state index contributed by atoms with van der Waals surface area (Å²) in [6.45, 7) is 0. The number of aromatic nitrogens is 1. The normalized spacial score (nSPS) is 19.8. The van der Waals surface area contributed by atoms with Gasteiger partial charge < -0.3 is 5.11 Å². The molecule has 24 heavy (non-hydrogen) atoms. The molecule has 1 aliphatic rings. The van der Waals surface area contributed by atoms with Crippen LogP contribution in [0.15, 0.2) is 30.5 Å².